The third kappa shape index (κ3) is 15.1. The van der Waals surface area contributed by atoms with Crippen LogP contribution in [-0.2, 0) is 0 Å². The van der Waals surface area contributed by atoms with Gasteiger partial charge in [-0.1, -0.05) is 63.0 Å². The molecule has 0 unspecified atom stereocenters. The van der Waals surface area contributed by atoms with E-state index in [0.29, 0.717) is 0 Å². The maximum atomic E-state index is 8.53. The molecular formula is C14H24O3. The quantitative estimate of drug-likeness (QED) is 0.330. The van der Waals surface area contributed by atoms with Crippen molar-refractivity contribution in [2.45, 2.75) is 51.4 Å². The van der Waals surface area contributed by atoms with Crippen LogP contribution < -0.4 is 0 Å². The van der Waals surface area contributed by atoms with Crippen LogP contribution in [0.5, 0.6) is 0 Å². The van der Waals surface area contributed by atoms with Crippen molar-refractivity contribution < 1.29 is 15.3 Å². The van der Waals surface area contributed by atoms with E-state index in [1.807, 2.05) is 6.08 Å². The lowest BCUT2D eigenvalue weighted by atomic mass is 10.1. The first-order valence-electron chi connectivity index (χ1n) is 6.24. The van der Waals surface area contributed by atoms with Crippen LogP contribution in [0.2, 0.25) is 0 Å². The Kier molecular flexibility index (Phi) is 9.72. The van der Waals surface area contributed by atoms with E-state index in [4.69, 9.17) is 15.3 Å². The molecule has 17 heavy (non-hydrogen) atoms. The number of allylic oxidation sites excluding steroid dienone is 5. The van der Waals surface area contributed by atoms with Gasteiger partial charge in [-0.25, -0.2) is 0 Å². The van der Waals surface area contributed by atoms with Gasteiger partial charge in [-0.15, -0.1) is 0 Å². The topological polar surface area (TPSA) is 60.7 Å². The molecule has 0 amide bonds. The third-order valence-electron chi connectivity index (χ3n) is 2.26. The number of hydrogen-bond donors (Lipinski definition) is 3. The highest BCUT2D eigenvalue weighted by molar-refractivity contribution is 5.11. The van der Waals surface area contributed by atoms with Gasteiger partial charge in [0.05, 0.1) is 0 Å². The molecule has 0 fully saturated rings. The van der Waals surface area contributed by atoms with Crippen LogP contribution in [0.15, 0.2) is 36.5 Å². The summed E-state index contributed by atoms with van der Waals surface area (Å²) in [7, 11) is 0. The highest BCUT2D eigenvalue weighted by Crippen LogP contribution is 2.05. The fourth-order valence-corrected chi connectivity index (χ4v) is 1.35. The van der Waals surface area contributed by atoms with Gasteiger partial charge in [0.2, 0.25) is 0 Å². The summed E-state index contributed by atoms with van der Waals surface area (Å²) >= 11 is 0. The highest BCUT2D eigenvalue weighted by Gasteiger charge is 2.10. The Labute approximate surface area is 104 Å². The SMILES string of the molecule is CCCCCCCC=CC=CC=CC(O)(O)O. The molecule has 0 aromatic rings. The summed E-state index contributed by atoms with van der Waals surface area (Å²) in [5.41, 5.74) is 0. The normalized spacial score (nSPS) is 13.4. The molecule has 0 aromatic heterocycles. The Bertz CT molecular complexity index is 247. The molecule has 0 aromatic carbocycles. The van der Waals surface area contributed by atoms with Gasteiger partial charge in [-0.05, 0) is 12.8 Å². The second kappa shape index (κ2) is 10.3. The van der Waals surface area contributed by atoms with Gasteiger partial charge in [-0.3, -0.25) is 0 Å². The maximum Gasteiger partial charge on any atom is 0.297 e. The highest BCUT2D eigenvalue weighted by atomic mass is 16.7. The maximum absolute atomic E-state index is 8.53. The van der Waals surface area contributed by atoms with E-state index in [9.17, 15) is 0 Å². The van der Waals surface area contributed by atoms with Gasteiger partial charge in [0.25, 0.3) is 5.97 Å². The lowest BCUT2D eigenvalue weighted by Gasteiger charge is -2.05. The van der Waals surface area contributed by atoms with Crippen LogP contribution in [0.25, 0.3) is 0 Å². The molecule has 0 saturated carbocycles. The van der Waals surface area contributed by atoms with E-state index in [1.165, 1.54) is 38.2 Å². The van der Waals surface area contributed by atoms with E-state index in [-0.39, 0.29) is 0 Å². The molecule has 0 saturated heterocycles. The van der Waals surface area contributed by atoms with Gasteiger partial charge in [0, 0.05) is 6.08 Å². The van der Waals surface area contributed by atoms with Crippen LogP contribution in [-0.4, -0.2) is 21.3 Å². The monoisotopic (exact) mass is 240 g/mol. The van der Waals surface area contributed by atoms with E-state index in [1.54, 1.807) is 12.2 Å². The minimum absolute atomic E-state index is 0.891. The van der Waals surface area contributed by atoms with Crippen molar-refractivity contribution in [1.82, 2.24) is 0 Å². The Morgan fingerprint density at radius 2 is 1.47 bits per heavy atom. The van der Waals surface area contributed by atoms with Crippen molar-refractivity contribution >= 4 is 0 Å². The zero-order chi connectivity index (χ0) is 13.0. The Balaban J connectivity index is 3.47. The first-order chi connectivity index (χ1) is 8.06. The minimum atomic E-state index is -2.71. The molecule has 0 aliphatic rings. The number of aliphatic hydroxyl groups is 3. The zero-order valence-electron chi connectivity index (χ0n) is 10.5. The van der Waals surface area contributed by atoms with Gasteiger partial charge in [0.1, 0.15) is 0 Å². The largest absolute Gasteiger partial charge is 0.340 e. The number of hydrogen-bond acceptors (Lipinski definition) is 3. The molecule has 98 valence electrons. The Hall–Kier alpha value is -0.900. The first-order valence-corrected chi connectivity index (χ1v) is 6.24. The molecule has 3 N–H and O–H groups in total. The second-order valence-electron chi connectivity index (χ2n) is 4.06. The predicted octanol–water partition coefficient (Wildman–Crippen LogP) is 2.65. The molecule has 0 aliphatic heterocycles. The van der Waals surface area contributed by atoms with Crippen LogP contribution >= 0.6 is 0 Å². The summed E-state index contributed by atoms with van der Waals surface area (Å²) in [6.45, 7) is 2.21. The van der Waals surface area contributed by atoms with E-state index < -0.39 is 5.97 Å². The summed E-state index contributed by atoms with van der Waals surface area (Å²) in [5, 5.41) is 25.6. The Morgan fingerprint density at radius 1 is 0.824 bits per heavy atom. The second-order valence-corrected chi connectivity index (χ2v) is 4.06. The van der Waals surface area contributed by atoms with E-state index in [0.717, 1.165) is 12.5 Å². The van der Waals surface area contributed by atoms with Gasteiger partial charge in [0.15, 0.2) is 0 Å². The average molecular weight is 240 g/mol. The summed E-state index contributed by atoms with van der Waals surface area (Å²) < 4.78 is 0. The van der Waals surface area contributed by atoms with Gasteiger partial charge in [-0.2, -0.15) is 0 Å². The van der Waals surface area contributed by atoms with Crippen molar-refractivity contribution in [2.24, 2.45) is 0 Å². The van der Waals surface area contributed by atoms with E-state index >= 15 is 0 Å². The lowest BCUT2D eigenvalue weighted by molar-refractivity contribution is -0.273. The molecule has 3 nitrogen and oxygen atoms in total. The van der Waals surface area contributed by atoms with Crippen molar-refractivity contribution in [1.29, 1.82) is 0 Å². The van der Waals surface area contributed by atoms with Crippen molar-refractivity contribution in [3.8, 4) is 0 Å². The summed E-state index contributed by atoms with van der Waals surface area (Å²) in [5.74, 6) is -2.71. The molecule has 0 atom stereocenters. The first kappa shape index (κ1) is 16.1. The predicted molar refractivity (Wildman–Crippen MR) is 70.2 cm³/mol. The Morgan fingerprint density at radius 3 is 2.12 bits per heavy atom. The van der Waals surface area contributed by atoms with Crippen molar-refractivity contribution in [3.05, 3.63) is 36.5 Å². The summed E-state index contributed by atoms with van der Waals surface area (Å²) in [6, 6.07) is 0. The number of rotatable bonds is 9. The standard InChI is InChI=1S/C14H24O3/c1-2-3-4-5-6-7-8-9-10-11-12-13-14(15,16)17/h8-13,15-17H,2-7H2,1H3. The molecule has 0 aliphatic carbocycles. The van der Waals surface area contributed by atoms with E-state index in [2.05, 4.69) is 13.0 Å². The lowest BCUT2D eigenvalue weighted by Crippen LogP contribution is -2.22. The minimum Gasteiger partial charge on any atom is -0.340 e. The summed E-state index contributed by atoms with van der Waals surface area (Å²) in [6.07, 6.45) is 17.2. The van der Waals surface area contributed by atoms with Crippen LogP contribution in [0.1, 0.15) is 45.4 Å². The van der Waals surface area contributed by atoms with Gasteiger partial charge < -0.3 is 15.3 Å². The van der Waals surface area contributed by atoms with Crippen LogP contribution in [0.4, 0.5) is 0 Å². The summed E-state index contributed by atoms with van der Waals surface area (Å²) in [4.78, 5) is 0. The molecule has 0 heterocycles. The molecule has 0 rings (SSSR count). The smallest absolute Gasteiger partial charge is 0.297 e. The molecule has 0 bridgehead atoms. The molecule has 0 spiro atoms. The zero-order valence-corrected chi connectivity index (χ0v) is 10.5. The van der Waals surface area contributed by atoms with Crippen LogP contribution in [0, 0.1) is 0 Å². The number of unbranched alkanes of at least 4 members (excludes halogenated alkanes) is 5. The molecular weight excluding hydrogens is 216 g/mol. The third-order valence-corrected chi connectivity index (χ3v) is 2.26. The molecule has 0 radical (unpaired) electrons. The van der Waals surface area contributed by atoms with Crippen molar-refractivity contribution in [2.75, 3.05) is 0 Å². The van der Waals surface area contributed by atoms with Crippen LogP contribution in [0.3, 0.4) is 0 Å². The molecule has 3 heteroatoms. The van der Waals surface area contributed by atoms with Gasteiger partial charge >= 0.3 is 0 Å². The van der Waals surface area contributed by atoms with Crippen molar-refractivity contribution in [3.63, 3.8) is 0 Å². The fourth-order valence-electron chi connectivity index (χ4n) is 1.35. The fraction of sp³-hybridized carbons (Fsp3) is 0.571. The average Bonchev–Trinajstić information content (AvgIpc) is 2.24.